The number of sulfonamides is 1. The fourth-order valence-electron chi connectivity index (χ4n) is 2.78. The normalized spacial score (nSPS) is 11.4. The smallest absolute Gasteiger partial charge is 0.240 e. The molecule has 3 aromatic rings. The van der Waals surface area contributed by atoms with Gasteiger partial charge in [0.2, 0.25) is 15.9 Å². The second-order valence-corrected chi connectivity index (χ2v) is 8.25. The highest BCUT2D eigenvalue weighted by atomic mass is 32.2. The molecule has 0 unspecified atom stereocenters. The second kappa shape index (κ2) is 8.37. The second-order valence-electron chi connectivity index (χ2n) is 6.52. The van der Waals surface area contributed by atoms with E-state index in [-0.39, 0.29) is 23.8 Å². The van der Waals surface area contributed by atoms with Gasteiger partial charge in [-0.2, -0.15) is 5.10 Å². The van der Waals surface area contributed by atoms with Crippen molar-refractivity contribution >= 4 is 21.6 Å². The van der Waals surface area contributed by atoms with Crippen molar-refractivity contribution in [2.45, 2.75) is 25.2 Å². The van der Waals surface area contributed by atoms with Crippen LogP contribution in [0.25, 0.3) is 11.3 Å². The molecule has 0 bridgehead atoms. The van der Waals surface area contributed by atoms with Crippen LogP contribution in [0, 0.1) is 13.8 Å². The van der Waals surface area contributed by atoms with E-state index in [1.165, 1.54) is 0 Å². The maximum atomic E-state index is 12.5. The van der Waals surface area contributed by atoms with E-state index in [1.807, 2.05) is 37.3 Å². The number of amides is 1. The predicted octanol–water partition coefficient (Wildman–Crippen LogP) is 3.00. The van der Waals surface area contributed by atoms with Gasteiger partial charge in [-0.15, -0.1) is 0 Å². The van der Waals surface area contributed by atoms with Gasteiger partial charge in [-0.25, -0.2) is 13.1 Å². The van der Waals surface area contributed by atoms with Crippen LogP contribution in [0.15, 0.2) is 59.6 Å². The van der Waals surface area contributed by atoms with Gasteiger partial charge in [-0.3, -0.25) is 9.89 Å². The zero-order valence-electron chi connectivity index (χ0n) is 15.7. The standard InChI is InChI=1S/C20H22N4O3S/c1-14-6-7-15(2)19(12-14)28(26,27)22-11-9-20(25)23-17-5-3-4-16(13-17)18-8-10-21-24-18/h3-8,10,12-13,22H,9,11H2,1-2H3,(H,21,24)(H,23,25). The van der Waals surface area contributed by atoms with Crippen molar-refractivity contribution in [3.63, 3.8) is 0 Å². The molecule has 8 heteroatoms. The fraction of sp³-hybridized carbons (Fsp3) is 0.200. The molecular weight excluding hydrogens is 376 g/mol. The van der Waals surface area contributed by atoms with Gasteiger partial charge in [0, 0.05) is 30.4 Å². The monoisotopic (exact) mass is 398 g/mol. The molecule has 3 rings (SSSR count). The highest BCUT2D eigenvalue weighted by Crippen LogP contribution is 2.20. The molecule has 1 heterocycles. The molecule has 7 nitrogen and oxygen atoms in total. The quantitative estimate of drug-likeness (QED) is 0.569. The van der Waals surface area contributed by atoms with E-state index in [4.69, 9.17) is 0 Å². The Hall–Kier alpha value is -2.97. The Bertz CT molecular complexity index is 1080. The zero-order valence-corrected chi connectivity index (χ0v) is 16.5. The Balaban J connectivity index is 1.58. The van der Waals surface area contributed by atoms with E-state index in [1.54, 1.807) is 31.3 Å². The number of anilines is 1. The number of aryl methyl sites for hydroxylation is 2. The molecule has 0 aliphatic carbocycles. The van der Waals surface area contributed by atoms with Gasteiger partial charge in [-0.1, -0.05) is 24.3 Å². The van der Waals surface area contributed by atoms with Crippen molar-refractivity contribution in [3.05, 3.63) is 65.9 Å². The first-order valence-corrected chi connectivity index (χ1v) is 10.3. The van der Waals surface area contributed by atoms with Crippen molar-refractivity contribution in [2.75, 3.05) is 11.9 Å². The topological polar surface area (TPSA) is 104 Å². The number of nitrogens with zero attached hydrogens (tertiary/aromatic N) is 1. The summed E-state index contributed by atoms with van der Waals surface area (Å²) in [6, 6.07) is 14.4. The van der Waals surface area contributed by atoms with Crippen LogP contribution in [0.5, 0.6) is 0 Å². The zero-order chi connectivity index (χ0) is 20.1. The molecule has 1 amide bonds. The summed E-state index contributed by atoms with van der Waals surface area (Å²) in [6.07, 6.45) is 1.68. The third-order valence-electron chi connectivity index (χ3n) is 4.24. The molecule has 0 aliphatic rings. The van der Waals surface area contributed by atoms with Gasteiger partial charge in [0.15, 0.2) is 0 Å². The number of H-pyrrole nitrogens is 1. The minimum Gasteiger partial charge on any atom is -0.326 e. The average Bonchev–Trinajstić information content (AvgIpc) is 3.18. The average molecular weight is 398 g/mol. The maximum Gasteiger partial charge on any atom is 0.240 e. The number of benzene rings is 2. The Morgan fingerprint density at radius 1 is 1.11 bits per heavy atom. The number of aromatic nitrogens is 2. The number of rotatable bonds is 7. The maximum absolute atomic E-state index is 12.5. The van der Waals surface area contributed by atoms with Gasteiger partial charge < -0.3 is 5.32 Å². The molecule has 1 aromatic heterocycles. The SMILES string of the molecule is Cc1ccc(C)c(S(=O)(=O)NCCC(=O)Nc2cccc(-c3ccn[nH]3)c2)c1. The summed E-state index contributed by atoms with van der Waals surface area (Å²) in [5, 5.41) is 9.56. The van der Waals surface area contributed by atoms with Crippen LogP contribution in [-0.2, 0) is 14.8 Å². The van der Waals surface area contributed by atoms with Crippen LogP contribution < -0.4 is 10.0 Å². The van der Waals surface area contributed by atoms with Crippen LogP contribution in [0.4, 0.5) is 5.69 Å². The Kier molecular flexibility index (Phi) is 5.91. The molecule has 2 aromatic carbocycles. The lowest BCUT2D eigenvalue weighted by Crippen LogP contribution is -2.28. The predicted molar refractivity (Wildman–Crippen MR) is 108 cm³/mol. The molecule has 0 spiro atoms. The van der Waals surface area contributed by atoms with Crippen LogP contribution in [0.3, 0.4) is 0 Å². The van der Waals surface area contributed by atoms with Crippen molar-refractivity contribution < 1.29 is 13.2 Å². The van der Waals surface area contributed by atoms with E-state index in [0.29, 0.717) is 11.3 Å². The highest BCUT2D eigenvalue weighted by Gasteiger charge is 2.17. The van der Waals surface area contributed by atoms with Crippen LogP contribution in [0.2, 0.25) is 0 Å². The van der Waals surface area contributed by atoms with E-state index in [2.05, 4.69) is 20.2 Å². The number of hydrogen-bond acceptors (Lipinski definition) is 4. The number of aromatic amines is 1. The number of hydrogen-bond donors (Lipinski definition) is 3. The third kappa shape index (κ3) is 4.85. The molecule has 0 saturated carbocycles. The fourth-order valence-corrected chi connectivity index (χ4v) is 4.14. The van der Waals surface area contributed by atoms with Crippen molar-refractivity contribution in [2.24, 2.45) is 0 Å². The Morgan fingerprint density at radius 3 is 2.68 bits per heavy atom. The molecule has 28 heavy (non-hydrogen) atoms. The van der Waals surface area contributed by atoms with Gasteiger partial charge >= 0.3 is 0 Å². The summed E-state index contributed by atoms with van der Waals surface area (Å²) >= 11 is 0. The molecule has 0 fully saturated rings. The van der Waals surface area contributed by atoms with E-state index in [9.17, 15) is 13.2 Å². The Morgan fingerprint density at radius 2 is 1.93 bits per heavy atom. The highest BCUT2D eigenvalue weighted by molar-refractivity contribution is 7.89. The molecule has 0 radical (unpaired) electrons. The first kappa shape index (κ1) is 19.8. The first-order valence-electron chi connectivity index (χ1n) is 8.82. The lowest BCUT2D eigenvalue weighted by atomic mass is 10.1. The summed E-state index contributed by atoms with van der Waals surface area (Å²) in [4.78, 5) is 12.4. The molecule has 0 aliphatic heterocycles. The van der Waals surface area contributed by atoms with Crippen LogP contribution in [-0.4, -0.2) is 31.1 Å². The third-order valence-corrected chi connectivity index (χ3v) is 5.84. The molecule has 3 N–H and O–H groups in total. The molecular formula is C20H22N4O3S. The lowest BCUT2D eigenvalue weighted by Gasteiger charge is -2.10. The van der Waals surface area contributed by atoms with E-state index >= 15 is 0 Å². The van der Waals surface area contributed by atoms with Crippen molar-refractivity contribution in [1.82, 2.24) is 14.9 Å². The van der Waals surface area contributed by atoms with Gasteiger partial charge in [0.25, 0.3) is 0 Å². The molecule has 0 atom stereocenters. The van der Waals surface area contributed by atoms with Crippen LogP contribution in [0.1, 0.15) is 17.5 Å². The molecule has 146 valence electrons. The lowest BCUT2D eigenvalue weighted by molar-refractivity contribution is -0.116. The molecule has 0 saturated heterocycles. The van der Waals surface area contributed by atoms with Crippen molar-refractivity contribution in [1.29, 1.82) is 0 Å². The van der Waals surface area contributed by atoms with E-state index < -0.39 is 10.0 Å². The van der Waals surface area contributed by atoms with Gasteiger partial charge in [0.05, 0.1) is 10.6 Å². The van der Waals surface area contributed by atoms with Gasteiger partial charge in [0.1, 0.15) is 0 Å². The van der Waals surface area contributed by atoms with Crippen LogP contribution >= 0.6 is 0 Å². The summed E-state index contributed by atoms with van der Waals surface area (Å²) in [7, 11) is -3.66. The van der Waals surface area contributed by atoms with Crippen molar-refractivity contribution in [3.8, 4) is 11.3 Å². The Labute approximate surface area is 164 Å². The minimum absolute atomic E-state index is 0.0157. The number of carbonyl (C=O) groups excluding carboxylic acids is 1. The minimum atomic E-state index is -3.66. The summed E-state index contributed by atoms with van der Waals surface area (Å²) in [5.74, 6) is -0.273. The number of carbonyl (C=O) groups is 1. The largest absolute Gasteiger partial charge is 0.326 e. The number of nitrogens with one attached hydrogen (secondary N) is 3. The first-order chi connectivity index (χ1) is 13.3. The van der Waals surface area contributed by atoms with Gasteiger partial charge in [-0.05, 0) is 49.2 Å². The summed E-state index contributed by atoms with van der Waals surface area (Å²) < 4.78 is 27.4. The summed E-state index contributed by atoms with van der Waals surface area (Å²) in [6.45, 7) is 3.60. The van der Waals surface area contributed by atoms with E-state index in [0.717, 1.165) is 16.8 Å². The summed E-state index contributed by atoms with van der Waals surface area (Å²) in [5.41, 5.74) is 3.90.